The topological polar surface area (TPSA) is 155 Å². The summed E-state index contributed by atoms with van der Waals surface area (Å²) >= 11 is 0. The molecule has 176 valence electrons. The molecule has 0 spiro atoms. The van der Waals surface area contributed by atoms with E-state index >= 15 is 0 Å². The Hall–Kier alpha value is -2.26. The molecule has 2 N–H and O–H groups in total. The highest BCUT2D eigenvalue weighted by Crippen LogP contribution is 2.58. The molecule has 0 radical (unpaired) electrons. The van der Waals surface area contributed by atoms with E-state index in [2.05, 4.69) is 5.92 Å². The molecule has 3 rings (SSSR count). The lowest BCUT2D eigenvalue weighted by Crippen LogP contribution is -2.50. The molecule has 3 heterocycles. The largest absolute Gasteiger partial charge is 0.475 e. The minimum Gasteiger partial charge on any atom is -0.463 e. The van der Waals surface area contributed by atoms with Crippen LogP contribution in [0.15, 0.2) is 21.9 Å². The lowest BCUT2D eigenvalue weighted by Gasteiger charge is -2.34. The van der Waals surface area contributed by atoms with Gasteiger partial charge in [0.05, 0.1) is 25.2 Å². The molecular formula is C19H25N2O10P. The molecule has 2 saturated heterocycles. The highest BCUT2D eigenvalue weighted by Gasteiger charge is 2.62. The number of terminal acetylenes is 1. The van der Waals surface area contributed by atoms with Crippen molar-refractivity contribution < 1.29 is 37.5 Å². The van der Waals surface area contributed by atoms with Gasteiger partial charge in [-0.05, 0) is 20.3 Å². The number of aromatic amines is 1. The summed E-state index contributed by atoms with van der Waals surface area (Å²) in [6.07, 6.45) is 2.79. The van der Waals surface area contributed by atoms with Gasteiger partial charge in [-0.1, -0.05) is 12.8 Å². The van der Waals surface area contributed by atoms with Crippen molar-refractivity contribution in [2.24, 2.45) is 5.92 Å². The minimum absolute atomic E-state index is 0.152. The van der Waals surface area contributed by atoms with Gasteiger partial charge in [-0.15, -0.1) is 6.42 Å². The number of hydrogen-bond donors (Lipinski definition) is 2. The van der Waals surface area contributed by atoms with E-state index in [1.807, 2.05) is 4.98 Å². The van der Waals surface area contributed by atoms with Crippen molar-refractivity contribution in [3.63, 3.8) is 0 Å². The van der Waals surface area contributed by atoms with Gasteiger partial charge in [-0.3, -0.25) is 32.7 Å². The van der Waals surface area contributed by atoms with Crippen LogP contribution in [0.4, 0.5) is 0 Å². The number of fused-ring (bicyclic) bond motifs is 1. The molecule has 6 atom stereocenters. The number of aliphatic hydroxyl groups is 1. The van der Waals surface area contributed by atoms with Crippen LogP contribution in [0.1, 0.15) is 33.4 Å². The molecule has 0 amide bonds. The average Bonchev–Trinajstić information content (AvgIpc) is 2.99. The summed E-state index contributed by atoms with van der Waals surface area (Å²) < 4.78 is 40.5. The number of ether oxygens (including phenoxy) is 2. The quantitative estimate of drug-likeness (QED) is 0.322. The second-order valence-corrected chi connectivity index (χ2v) is 9.41. The number of carbonyl (C=O) groups is 1. The molecule has 1 aromatic rings. The van der Waals surface area contributed by atoms with E-state index < -0.39 is 55.0 Å². The maximum absolute atomic E-state index is 12.9. The maximum atomic E-state index is 12.9. The van der Waals surface area contributed by atoms with Crippen molar-refractivity contribution in [1.82, 2.24) is 9.55 Å². The third kappa shape index (κ3) is 4.88. The van der Waals surface area contributed by atoms with E-state index in [4.69, 9.17) is 29.5 Å². The third-order valence-corrected chi connectivity index (χ3v) is 6.43. The summed E-state index contributed by atoms with van der Waals surface area (Å²) in [5.74, 6) is 1.19. The maximum Gasteiger partial charge on any atom is 0.475 e. The first kappa shape index (κ1) is 24.4. The number of aromatic nitrogens is 2. The van der Waals surface area contributed by atoms with Gasteiger partial charge in [-0.2, -0.15) is 0 Å². The molecule has 0 aromatic carbocycles. The number of H-pyrrole nitrogens is 1. The summed E-state index contributed by atoms with van der Waals surface area (Å²) in [6.45, 7) is 4.64. The Morgan fingerprint density at radius 3 is 2.81 bits per heavy atom. The first-order chi connectivity index (χ1) is 15.0. The smallest absolute Gasteiger partial charge is 0.463 e. The SMILES string of the molecule is C#C[C@@]1(O)[C@@H]2OP(=O)(OCC[C@@H](C)C(=O)OC(C)C)OC[C@H]2O[C@H]1n1ccc(=O)[nH]c1=O. The van der Waals surface area contributed by atoms with Crippen molar-refractivity contribution in [1.29, 1.82) is 0 Å². The molecule has 1 aromatic heterocycles. The van der Waals surface area contributed by atoms with Crippen LogP contribution < -0.4 is 11.2 Å². The molecule has 0 aliphatic carbocycles. The van der Waals surface area contributed by atoms with E-state index in [-0.39, 0.29) is 25.7 Å². The van der Waals surface area contributed by atoms with Gasteiger partial charge in [0.15, 0.2) is 11.8 Å². The average molecular weight is 472 g/mol. The minimum atomic E-state index is -4.16. The Morgan fingerprint density at radius 1 is 1.47 bits per heavy atom. The van der Waals surface area contributed by atoms with Gasteiger partial charge >= 0.3 is 19.5 Å². The number of hydrogen-bond acceptors (Lipinski definition) is 10. The van der Waals surface area contributed by atoms with Crippen LogP contribution in [-0.2, 0) is 32.4 Å². The summed E-state index contributed by atoms with van der Waals surface area (Å²) in [4.78, 5) is 37.4. The Labute approximate surface area is 183 Å². The number of phosphoric acid groups is 1. The number of phosphoric ester groups is 1. The van der Waals surface area contributed by atoms with E-state index in [0.29, 0.717) is 0 Å². The molecule has 2 fully saturated rings. The summed E-state index contributed by atoms with van der Waals surface area (Å²) in [6, 6.07) is 1.06. The highest BCUT2D eigenvalue weighted by molar-refractivity contribution is 7.48. The predicted molar refractivity (Wildman–Crippen MR) is 108 cm³/mol. The molecule has 2 aliphatic rings. The predicted octanol–water partition coefficient (Wildman–Crippen LogP) is 0.316. The summed E-state index contributed by atoms with van der Waals surface area (Å²) in [7, 11) is -4.16. The van der Waals surface area contributed by atoms with Gasteiger partial charge in [0.25, 0.3) is 5.56 Å². The van der Waals surface area contributed by atoms with Crippen molar-refractivity contribution in [2.45, 2.75) is 57.3 Å². The van der Waals surface area contributed by atoms with Crippen LogP contribution >= 0.6 is 7.82 Å². The van der Waals surface area contributed by atoms with Crippen LogP contribution in [0.25, 0.3) is 0 Å². The van der Waals surface area contributed by atoms with Crippen molar-refractivity contribution in [3.8, 4) is 12.3 Å². The van der Waals surface area contributed by atoms with E-state index in [1.165, 1.54) is 0 Å². The lowest BCUT2D eigenvalue weighted by molar-refractivity contribution is -0.152. The molecule has 2 aliphatic heterocycles. The zero-order chi connectivity index (χ0) is 23.7. The fourth-order valence-electron chi connectivity index (χ4n) is 3.29. The normalized spacial score (nSPS) is 32.8. The van der Waals surface area contributed by atoms with Crippen molar-refractivity contribution >= 4 is 13.8 Å². The number of rotatable bonds is 7. The molecular weight excluding hydrogens is 447 g/mol. The molecule has 12 nitrogen and oxygen atoms in total. The first-order valence-corrected chi connectivity index (χ1v) is 11.4. The van der Waals surface area contributed by atoms with Crippen LogP contribution in [0, 0.1) is 18.3 Å². The standard InChI is InChI=1S/C19H25N2O10P/c1-5-19(25)15-13(30-17(19)21-8-6-14(22)20-18(21)24)10-28-32(26,31-15)27-9-7-12(4)16(23)29-11(2)3/h1,6,8,11-13,15,17,25H,7,9-10H2,2-4H3,(H,20,22,24)/t12-,13-,15-,17-,19-,32?/m1/s1. The molecule has 13 heteroatoms. The van der Waals surface area contributed by atoms with E-state index in [9.17, 15) is 24.1 Å². The second kappa shape index (κ2) is 9.31. The summed E-state index contributed by atoms with van der Waals surface area (Å²) in [5.41, 5.74) is -3.73. The fraction of sp³-hybridized carbons (Fsp3) is 0.632. The molecule has 1 unspecified atom stereocenters. The fourth-order valence-corrected chi connectivity index (χ4v) is 4.72. The van der Waals surface area contributed by atoms with Crippen LogP contribution in [0.3, 0.4) is 0 Å². The van der Waals surface area contributed by atoms with Crippen molar-refractivity contribution in [3.05, 3.63) is 33.1 Å². The second-order valence-electron chi connectivity index (χ2n) is 7.79. The highest BCUT2D eigenvalue weighted by atomic mass is 31.2. The van der Waals surface area contributed by atoms with Crippen LogP contribution in [0.5, 0.6) is 0 Å². The number of carbonyl (C=O) groups excluding carboxylic acids is 1. The van der Waals surface area contributed by atoms with Gasteiger partial charge in [0, 0.05) is 12.3 Å². The number of esters is 1. The number of nitrogens with one attached hydrogen (secondary N) is 1. The van der Waals surface area contributed by atoms with Crippen LogP contribution in [-0.4, -0.2) is 57.8 Å². The van der Waals surface area contributed by atoms with E-state index in [0.717, 1.165) is 16.8 Å². The number of nitrogens with zero attached hydrogens (tertiary/aromatic N) is 1. The third-order valence-electron chi connectivity index (χ3n) is 4.98. The van der Waals surface area contributed by atoms with E-state index in [1.54, 1.807) is 20.8 Å². The Morgan fingerprint density at radius 2 is 2.19 bits per heavy atom. The molecule has 0 bridgehead atoms. The zero-order valence-electron chi connectivity index (χ0n) is 17.8. The Kier molecular flexibility index (Phi) is 7.09. The zero-order valence-corrected chi connectivity index (χ0v) is 18.7. The first-order valence-electron chi connectivity index (χ1n) is 9.94. The van der Waals surface area contributed by atoms with Gasteiger partial charge in [0.1, 0.15) is 12.2 Å². The lowest BCUT2D eigenvalue weighted by atomic mass is 9.95. The van der Waals surface area contributed by atoms with Gasteiger partial charge in [0.2, 0.25) is 0 Å². The van der Waals surface area contributed by atoms with Gasteiger partial charge in [-0.25, -0.2) is 9.36 Å². The molecule has 32 heavy (non-hydrogen) atoms. The molecule has 0 saturated carbocycles. The van der Waals surface area contributed by atoms with Crippen LogP contribution in [0.2, 0.25) is 0 Å². The Bertz CT molecular complexity index is 1060. The van der Waals surface area contributed by atoms with Gasteiger partial charge < -0.3 is 14.6 Å². The monoisotopic (exact) mass is 472 g/mol. The summed E-state index contributed by atoms with van der Waals surface area (Å²) in [5, 5.41) is 11.1. The Balaban J connectivity index is 1.70. The van der Waals surface area contributed by atoms with Crippen molar-refractivity contribution in [2.75, 3.05) is 13.2 Å².